The highest BCUT2D eigenvalue weighted by molar-refractivity contribution is 9.11. The van der Waals surface area contributed by atoms with Gasteiger partial charge in [-0.05, 0) is 60.0 Å². The van der Waals surface area contributed by atoms with Crippen LogP contribution in [0.2, 0.25) is 0 Å². The quantitative estimate of drug-likeness (QED) is 0.832. The molecule has 2 heterocycles. The Morgan fingerprint density at radius 3 is 2.89 bits per heavy atom. The number of aryl methyl sites for hydroxylation is 1. The van der Waals surface area contributed by atoms with E-state index >= 15 is 0 Å². The zero-order valence-corrected chi connectivity index (χ0v) is 13.4. The maximum Gasteiger partial charge on any atom is 0.132 e. The first-order valence-corrected chi connectivity index (χ1v) is 7.87. The zero-order chi connectivity index (χ0) is 13.8. The van der Waals surface area contributed by atoms with E-state index in [-0.39, 0.29) is 6.04 Å². The molecule has 2 atom stereocenters. The summed E-state index contributed by atoms with van der Waals surface area (Å²) < 4.78 is 6.38. The number of aliphatic hydroxyl groups excluding tert-OH is 1. The molecule has 0 saturated carbocycles. The summed E-state index contributed by atoms with van der Waals surface area (Å²) in [6.07, 6.45) is 1.68. The molecule has 5 heteroatoms. The van der Waals surface area contributed by atoms with Crippen molar-refractivity contribution >= 4 is 27.3 Å². The second-order valence-corrected chi connectivity index (χ2v) is 7.17. The first kappa shape index (κ1) is 14.8. The summed E-state index contributed by atoms with van der Waals surface area (Å²) in [7, 11) is 0. The lowest BCUT2D eigenvalue weighted by Crippen LogP contribution is -2.27. The van der Waals surface area contributed by atoms with Gasteiger partial charge in [-0.3, -0.25) is 0 Å². The fourth-order valence-electron chi connectivity index (χ4n) is 1.90. The topological polar surface area (TPSA) is 45.4 Å². The van der Waals surface area contributed by atoms with E-state index < -0.39 is 6.10 Å². The second-order valence-electron chi connectivity index (χ2n) is 4.72. The summed E-state index contributed by atoms with van der Waals surface area (Å²) in [5.41, 5.74) is 1.27. The summed E-state index contributed by atoms with van der Waals surface area (Å²) in [6, 6.07) is 6.00. The van der Waals surface area contributed by atoms with Gasteiger partial charge in [0.25, 0.3) is 0 Å². The van der Waals surface area contributed by atoms with Crippen LogP contribution in [0.25, 0.3) is 0 Å². The van der Waals surface area contributed by atoms with Crippen LogP contribution in [0.5, 0.6) is 0 Å². The third-order valence-electron chi connectivity index (χ3n) is 2.98. The van der Waals surface area contributed by atoms with E-state index in [1.807, 2.05) is 0 Å². The predicted molar refractivity (Wildman–Crippen MR) is 81.3 cm³/mol. The molecule has 3 nitrogen and oxygen atoms in total. The third-order valence-corrected chi connectivity index (χ3v) is 5.12. The first-order chi connectivity index (χ1) is 9.06. The Kier molecular flexibility index (Phi) is 5.21. The summed E-state index contributed by atoms with van der Waals surface area (Å²) in [4.78, 5) is 1.30. The minimum atomic E-state index is -0.547. The van der Waals surface area contributed by atoms with Gasteiger partial charge in [-0.1, -0.05) is 0 Å². The van der Waals surface area contributed by atoms with Crippen molar-refractivity contribution in [3.8, 4) is 0 Å². The number of thiophene rings is 1. The Hall–Kier alpha value is -0.620. The number of aliphatic hydroxyl groups is 1. The Morgan fingerprint density at radius 2 is 2.32 bits per heavy atom. The van der Waals surface area contributed by atoms with E-state index in [1.54, 1.807) is 29.7 Å². The van der Waals surface area contributed by atoms with Crippen molar-refractivity contribution in [3.05, 3.63) is 44.4 Å². The van der Waals surface area contributed by atoms with E-state index in [0.717, 1.165) is 6.54 Å². The smallest absolute Gasteiger partial charge is 0.132 e. The standard InChI is InChI=1S/C14H18BrNO2S/c1-9-6-11(19-14(9)15)8-16-10(2)7-12(17)13-4-3-5-18-13/h3-6,10,12,16-17H,7-8H2,1-2H3. The highest BCUT2D eigenvalue weighted by Crippen LogP contribution is 2.27. The Labute approximate surface area is 125 Å². The molecule has 0 amide bonds. The van der Waals surface area contributed by atoms with Gasteiger partial charge in [0.05, 0.1) is 10.0 Å². The molecule has 0 spiro atoms. The summed E-state index contributed by atoms with van der Waals surface area (Å²) in [5.74, 6) is 0.628. The number of rotatable bonds is 6. The largest absolute Gasteiger partial charge is 0.467 e. The van der Waals surface area contributed by atoms with Gasteiger partial charge in [0.2, 0.25) is 0 Å². The third kappa shape index (κ3) is 4.18. The maximum atomic E-state index is 9.99. The molecule has 0 aliphatic rings. The van der Waals surface area contributed by atoms with E-state index in [2.05, 4.69) is 41.2 Å². The van der Waals surface area contributed by atoms with Crippen LogP contribution in [0.15, 0.2) is 32.7 Å². The second kappa shape index (κ2) is 6.70. The summed E-state index contributed by atoms with van der Waals surface area (Å²) in [6.45, 7) is 4.99. The van der Waals surface area contributed by atoms with Crippen LogP contribution in [0.4, 0.5) is 0 Å². The molecule has 0 bridgehead atoms. The van der Waals surface area contributed by atoms with E-state index in [9.17, 15) is 5.11 Å². The highest BCUT2D eigenvalue weighted by atomic mass is 79.9. The van der Waals surface area contributed by atoms with Gasteiger partial charge < -0.3 is 14.8 Å². The number of nitrogens with one attached hydrogen (secondary N) is 1. The van der Waals surface area contributed by atoms with Gasteiger partial charge in [-0.15, -0.1) is 11.3 Å². The monoisotopic (exact) mass is 343 g/mol. The predicted octanol–water partition coefficient (Wildman–Crippen LogP) is 4.01. The minimum Gasteiger partial charge on any atom is -0.467 e. The lowest BCUT2D eigenvalue weighted by Gasteiger charge is -2.16. The Balaban J connectivity index is 1.80. The van der Waals surface area contributed by atoms with Crippen molar-refractivity contribution in [2.75, 3.05) is 0 Å². The van der Waals surface area contributed by atoms with Gasteiger partial charge in [0, 0.05) is 17.5 Å². The molecule has 0 radical (unpaired) electrons. The van der Waals surface area contributed by atoms with Crippen molar-refractivity contribution in [1.29, 1.82) is 0 Å². The molecule has 2 unspecified atom stereocenters. The normalized spacial score (nSPS) is 14.5. The molecule has 0 aromatic carbocycles. The van der Waals surface area contributed by atoms with E-state index in [0.29, 0.717) is 12.2 Å². The van der Waals surface area contributed by atoms with Gasteiger partial charge in [0.15, 0.2) is 0 Å². The molecule has 0 aliphatic heterocycles. The summed E-state index contributed by atoms with van der Waals surface area (Å²) in [5, 5.41) is 13.4. The van der Waals surface area contributed by atoms with Crippen molar-refractivity contribution in [1.82, 2.24) is 5.32 Å². The van der Waals surface area contributed by atoms with Crippen LogP contribution < -0.4 is 5.32 Å². The van der Waals surface area contributed by atoms with Crippen molar-refractivity contribution in [2.24, 2.45) is 0 Å². The van der Waals surface area contributed by atoms with Gasteiger partial charge in [-0.25, -0.2) is 0 Å². The number of halogens is 1. The lowest BCUT2D eigenvalue weighted by atomic mass is 10.1. The molecular formula is C14H18BrNO2S. The maximum absolute atomic E-state index is 9.99. The highest BCUT2D eigenvalue weighted by Gasteiger charge is 2.14. The number of hydrogen-bond acceptors (Lipinski definition) is 4. The minimum absolute atomic E-state index is 0.223. The van der Waals surface area contributed by atoms with Crippen LogP contribution in [0, 0.1) is 6.92 Å². The fraction of sp³-hybridized carbons (Fsp3) is 0.429. The number of furan rings is 1. The van der Waals surface area contributed by atoms with E-state index in [4.69, 9.17) is 4.42 Å². The molecule has 104 valence electrons. The van der Waals surface area contributed by atoms with Gasteiger partial charge >= 0.3 is 0 Å². The van der Waals surface area contributed by atoms with E-state index in [1.165, 1.54) is 14.2 Å². The lowest BCUT2D eigenvalue weighted by molar-refractivity contribution is 0.128. The van der Waals surface area contributed by atoms with Crippen LogP contribution in [-0.4, -0.2) is 11.1 Å². The molecule has 0 aliphatic carbocycles. The van der Waals surface area contributed by atoms with Gasteiger partial charge in [-0.2, -0.15) is 0 Å². The average Bonchev–Trinajstić information content (AvgIpc) is 2.98. The molecule has 0 fully saturated rings. The Morgan fingerprint density at radius 1 is 1.53 bits per heavy atom. The summed E-state index contributed by atoms with van der Waals surface area (Å²) >= 11 is 5.27. The van der Waals surface area contributed by atoms with Crippen molar-refractivity contribution < 1.29 is 9.52 Å². The van der Waals surface area contributed by atoms with Gasteiger partial charge in [0.1, 0.15) is 11.9 Å². The molecule has 2 aromatic heterocycles. The zero-order valence-electron chi connectivity index (χ0n) is 11.0. The first-order valence-electron chi connectivity index (χ1n) is 6.26. The molecule has 2 aromatic rings. The molecule has 2 rings (SSSR count). The van der Waals surface area contributed by atoms with Crippen molar-refractivity contribution in [3.63, 3.8) is 0 Å². The fourth-order valence-corrected chi connectivity index (χ4v) is 3.48. The SMILES string of the molecule is Cc1cc(CNC(C)CC(O)c2ccco2)sc1Br. The molecule has 2 N–H and O–H groups in total. The van der Waals surface area contributed by atoms with Crippen LogP contribution in [-0.2, 0) is 6.54 Å². The number of hydrogen-bond donors (Lipinski definition) is 2. The average molecular weight is 344 g/mol. The Bertz CT molecular complexity index is 490. The van der Waals surface area contributed by atoms with Crippen LogP contribution >= 0.6 is 27.3 Å². The van der Waals surface area contributed by atoms with Crippen molar-refractivity contribution in [2.45, 2.75) is 39.0 Å². The van der Waals surface area contributed by atoms with Crippen LogP contribution in [0.3, 0.4) is 0 Å². The molecule has 19 heavy (non-hydrogen) atoms. The molecular weight excluding hydrogens is 326 g/mol. The van der Waals surface area contributed by atoms with Crippen LogP contribution in [0.1, 0.15) is 35.6 Å². The molecule has 0 saturated heterocycles.